The van der Waals surface area contributed by atoms with Gasteiger partial charge in [0, 0.05) is 18.9 Å². The highest BCUT2D eigenvalue weighted by Gasteiger charge is 2.44. The molecule has 2 fully saturated rings. The monoisotopic (exact) mass is 246 g/mol. The summed E-state index contributed by atoms with van der Waals surface area (Å²) in [7, 11) is 2.14. The van der Waals surface area contributed by atoms with E-state index < -0.39 is 5.92 Å². The third-order valence-corrected chi connectivity index (χ3v) is 4.82. The number of hydrogen-bond donors (Lipinski definition) is 1. The first-order chi connectivity index (χ1) is 7.96. The number of likely N-dealkylation sites (tertiary alicyclic amines) is 1. The van der Waals surface area contributed by atoms with Crippen LogP contribution in [0, 0.1) is 5.41 Å². The summed E-state index contributed by atoms with van der Waals surface area (Å²) in [5.74, 6) is -2.44. The van der Waals surface area contributed by atoms with E-state index in [0.29, 0.717) is 25.4 Å². The highest BCUT2D eigenvalue weighted by atomic mass is 19.3. The molecule has 1 saturated carbocycles. The fourth-order valence-corrected chi connectivity index (χ4v) is 3.37. The van der Waals surface area contributed by atoms with Gasteiger partial charge in [0.2, 0.25) is 5.92 Å². The van der Waals surface area contributed by atoms with E-state index in [-0.39, 0.29) is 18.3 Å². The summed E-state index contributed by atoms with van der Waals surface area (Å²) in [6, 6.07) is 0.560. The minimum absolute atomic E-state index is 0.0229. The minimum atomic E-state index is -2.44. The van der Waals surface area contributed by atoms with Crippen molar-refractivity contribution in [3.05, 3.63) is 0 Å². The van der Waals surface area contributed by atoms with E-state index in [1.54, 1.807) is 0 Å². The van der Waals surface area contributed by atoms with Gasteiger partial charge in [0.15, 0.2) is 0 Å². The topological polar surface area (TPSA) is 29.3 Å². The van der Waals surface area contributed by atoms with Gasteiger partial charge in [-0.2, -0.15) is 0 Å². The van der Waals surface area contributed by atoms with Crippen molar-refractivity contribution in [3.63, 3.8) is 0 Å². The predicted octanol–water partition coefficient (Wildman–Crippen LogP) is 2.63. The van der Waals surface area contributed by atoms with Crippen molar-refractivity contribution < 1.29 is 8.78 Å². The van der Waals surface area contributed by atoms with Crippen molar-refractivity contribution in [2.75, 3.05) is 20.1 Å². The Labute approximate surface area is 103 Å². The molecule has 1 aliphatic heterocycles. The zero-order valence-corrected chi connectivity index (χ0v) is 10.7. The van der Waals surface area contributed by atoms with Gasteiger partial charge in [0.1, 0.15) is 0 Å². The zero-order valence-electron chi connectivity index (χ0n) is 10.7. The van der Waals surface area contributed by atoms with E-state index in [4.69, 9.17) is 5.73 Å². The highest BCUT2D eigenvalue weighted by Crippen LogP contribution is 2.46. The molecule has 0 amide bonds. The molecule has 17 heavy (non-hydrogen) atoms. The van der Waals surface area contributed by atoms with Crippen molar-refractivity contribution in [2.24, 2.45) is 11.1 Å². The summed E-state index contributed by atoms with van der Waals surface area (Å²) >= 11 is 0. The number of nitrogens with two attached hydrogens (primary N) is 1. The lowest BCUT2D eigenvalue weighted by molar-refractivity contribution is -0.0701. The quantitative estimate of drug-likeness (QED) is 0.829. The summed E-state index contributed by atoms with van der Waals surface area (Å²) in [5.41, 5.74) is 5.86. The molecule has 0 aromatic rings. The normalized spacial score (nSPS) is 32.8. The van der Waals surface area contributed by atoms with Crippen LogP contribution in [0.5, 0.6) is 0 Å². The lowest BCUT2D eigenvalue weighted by atomic mass is 9.69. The Bertz CT molecular complexity index is 258. The number of nitrogens with zero attached hydrogens (tertiary/aromatic N) is 1. The molecule has 0 bridgehead atoms. The van der Waals surface area contributed by atoms with Crippen LogP contribution in [0.15, 0.2) is 0 Å². The standard InChI is InChI=1S/C13H24F2N2/c1-17-8-2-3-11(17)9-12(10-16)4-6-13(14,15)7-5-12/h11H,2-10,16H2,1H3. The number of halogens is 2. The third-order valence-electron chi connectivity index (χ3n) is 4.82. The average Bonchev–Trinajstić information content (AvgIpc) is 2.68. The summed E-state index contributed by atoms with van der Waals surface area (Å²) < 4.78 is 26.4. The minimum Gasteiger partial charge on any atom is -0.330 e. The van der Waals surface area contributed by atoms with Crippen molar-refractivity contribution >= 4 is 0 Å². The zero-order chi connectivity index (χ0) is 12.5. The molecule has 1 unspecified atom stereocenters. The smallest absolute Gasteiger partial charge is 0.248 e. The van der Waals surface area contributed by atoms with Crippen LogP contribution in [0.25, 0.3) is 0 Å². The molecule has 1 heterocycles. The van der Waals surface area contributed by atoms with Gasteiger partial charge in [0.25, 0.3) is 0 Å². The Kier molecular flexibility index (Phi) is 3.74. The van der Waals surface area contributed by atoms with E-state index in [1.165, 1.54) is 12.8 Å². The Balaban J connectivity index is 1.96. The van der Waals surface area contributed by atoms with Gasteiger partial charge in [-0.05, 0) is 57.7 Å². The van der Waals surface area contributed by atoms with E-state index in [1.807, 2.05) is 0 Å². The van der Waals surface area contributed by atoms with Crippen LogP contribution >= 0.6 is 0 Å². The van der Waals surface area contributed by atoms with Crippen LogP contribution in [0.3, 0.4) is 0 Å². The number of hydrogen-bond acceptors (Lipinski definition) is 2. The average molecular weight is 246 g/mol. The van der Waals surface area contributed by atoms with Gasteiger partial charge in [-0.3, -0.25) is 0 Å². The summed E-state index contributed by atoms with van der Waals surface area (Å²) in [4.78, 5) is 2.37. The Morgan fingerprint density at radius 1 is 1.24 bits per heavy atom. The SMILES string of the molecule is CN1CCCC1CC1(CN)CCC(F)(F)CC1. The fraction of sp³-hybridized carbons (Fsp3) is 1.00. The molecular weight excluding hydrogens is 222 g/mol. The Hall–Kier alpha value is -0.220. The molecule has 2 nitrogen and oxygen atoms in total. The molecule has 1 aliphatic carbocycles. The molecule has 2 rings (SSSR count). The van der Waals surface area contributed by atoms with Gasteiger partial charge in [-0.25, -0.2) is 8.78 Å². The van der Waals surface area contributed by atoms with Gasteiger partial charge in [-0.1, -0.05) is 0 Å². The van der Waals surface area contributed by atoms with Gasteiger partial charge in [0.05, 0.1) is 0 Å². The van der Waals surface area contributed by atoms with Crippen LogP contribution in [0.2, 0.25) is 0 Å². The second kappa shape index (κ2) is 4.81. The van der Waals surface area contributed by atoms with E-state index >= 15 is 0 Å². The predicted molar refractivity (Wildman–Crippen MR) is 65.2 cm³/mol. The Morgan fingerprint density at radius 2 is 1.88 bits per heavy atom. The molecule has 2 aliphatic rings. The summed E-state index contributed by atoms with van der Waals surface area (Å²) in [6.07, 6.45) is 4.70. The van der Waals surface area contributed by atoms with Crippen molar-refractivity contribution in [3.8, 4) is 0 Å². The van der Waals surface area contributed by atoms with Crippen LogP contribution in [0.4, 0.5) is 8.78 Å². The summed E-state index contributed by atoms with van der Waals surface area (Å²) in [6.45, 7) is 1.70. The highest BCUT2D eigenvalue weighted by molar-refractivity contribution is 4.93. The van der Waals surface area contributed by atoms with Gasteiger partial charge < -0.3 is 10.6 Å². The van der Waals surface area contributed by atoms with Crippen LogP contribution in [0.1, 0.15) is 44.9 Å². The molecule has 1 saturated heterocycles. The maximum atomic E-state index is 13.2. The van der Waals surface area contributed by atoms with E-state index in [2.05, 4.69) is 11.9 Å². The molecule has 1 atom stereocenters. The number of rotatable bonds is 3. The first-order valence-electron chi connectivity index (χ1n) is 6.75. The van der Waals surface area contributed by atoms with Crippen molar-refractivity contribution in [2.45, 2.75) is 56.9 Å². The largest absolute Gasteiger partial charge is 0.330 e. The first kappa shape index (κ1) is 13.2. The maximum Gasteiger partial charge on any atom is 0.248 e. The lowest BCUT2D eigenvalue weighted by Crippen LogP contribution is -2.42. The second-order valence-corrected chi connectivity index (χ2v) is 6.04. The van der Waals surface area contributed by atoms with E-state index in [0.717, 1.165) is 13.0 Å². The molecule has 4 heteroatoms. The molecular formula is C13H24F2N2. The molecule has 0 radical (unpaired) electrons. The fourth-order valence-electron chi connectivity index (χ4n) is 3.37. The molecule has 0 spiro atoms. The second-order valence-electron chi connectivity index (χ2n) is 6.04. The molecule has 2 N–H and O–H groups in total. The molecule has 0 aromatic heterocycles. The van der Waals surface area contributed by atoms with Gasteiger partial charge >= 0.3 is 0 Å². The van der Waals surface area contributed by atoms with Crippen LogP contribution in [-0.2, 0) is 0 Å². The van der Waals surface area contributed by atoms with Crippen LogP contribution < -0.4 is 5.73 Å². The lowest BCUT2D eigenvalue weighted by Gasteiger charge is -2.42. The molecule has 0 aromatic carbocycles. The number of alkyl halides is 2. The maximum absolute atomic E-state index is 13.2. The Morgan fingerprint density at radius 3 is 2.35 bits per heavy atom. The van der Waals surface area contributed by atoms with E-state index in [9.17, 15) is 8.78 Å². The van der Waals surface area contributed by atoms with Crippen molar-refractivity contribution in [1.82, 2.24) is 4.90 Å². The summed E-state index contributed by atoms with van der Waals surface area (Å²) in [5, 5.41) is 0. The van der Waals surface area contributed by atoms with Crippen molar-refractivity contribution in [1.29, 1.82) is 0 Å². The first-order valence-corrected chi connectivity index (χ1v) is 6.75. The molecule has 100 valence electrons. The van der Waals surface area contributed by atoms with Gasteiger partial charge in [-0.15, -0.1) is 0 Å². The third kappa shape index (κ3) is 2.97. The van der Waals surface area contributed by atoms with Crippen LogP contribution in [-0.4, -0.2) is 37.0 Å².